The normalized spacial score (nSPS) is 22.6. The van der Waals surface area contributed by atoms with Crippen molar-refractivity contribution in [2.75, 3.05) is 27.2 Å². The molecular weight excluding hydrogens is 395 g/mol. The summed E-state index contributed by atoms with van der Waals surface area (Å²) in [7, 11) is 4.23. The number of nitrogens with zero attached hydrogens (tertiary/aromatic N) is 2. The van der Waals surface area contributed by atoms with E-state index in [1.54, 1.807) is 11.3 Å². The van der Waals surface area contributed by atoms with Crippen molar-refractivity contribution in [3.05, 3.63) is 22.4 Å². The number of likely N-dealkylation sites (N-methyl/N-ethyl adjacent to an activating group) is 1. The molecule has 1 saturated carbocycles. The van der Waals surface area contributed by atoms with Crippen LogP contribution < -0.4 is 10.6 Å². The van der Waals surface area contributed by atoms with Crippen LogP contribution in [0.4, 0.5) is 0 Å². The topological polar surface area (TPSA) is 39.7 Å². The Bertz CT molecular complexity index is 433. The van der Waals surface area contributed by atoms with Crippen molar-refractivity contribution in [1.82, 2.24) is 15.5 Å². The van der Waals surface area contributed by atoms with Gasteiger partial charge in [0.15, 0.2) is 5.96 Å². The predicted octanol–water partition coefficient (Wildman–Crippen LogP) is 2.93. The maximum Gasteiger partial charge on any atom is 0.191 e. The molecular formula is C15H27IN4S. The SMILES string of the molecule is CCNC(=NCC(c1cccs1)N(C)C)NC1CC1C.I. The third-order valence-corrected chi connectivity index (χ3v) is 4.67. The molecule has 0 amide bonds. The first-order chi connectivity index (χ1) is 9.61. The van der Waals surface area contributed by atoms with Crippen LogP contribution in [0.15, 0.2) is 22.5 Å². The second-order valence-electron chi connectivity index (χ2n) is 5.68. The first-order valence-corrected chi connectivity index (χ1v) is 8.24. The van der Waals surface area contributed by atoms with Crippen molar-refractivity contribution >= 4 is 41.3 Å². The average Bonchev–Trinajstić information content (AvgIpc) is 2.89. The van der Waals surface area contributed by atoms with Gasteiger partial charge in [0.25, 0.3) is 0 Å². The molecule has 1 aliphatic rings. The van der Waals surface area contributed by atoms with Crippen LogP contribution in [0, 0.1) is 5.92 Å². The molecule has 1 aliphatic carbocycles. The minimum absolute atomic E-state index is 0. The van der Waals surface area contributed by atoms with Crippen LogP contribution in [0.2, 0.25) is 0 Å². The molecule has 120 valence electrons. The fraction of sp³-hybridized carbons (Fsp3) is 0.667. The highest BCUT2D eigenvalue weighted by Gasteiger charge is 2.33. The smallest absolute Gasteiger partial charge is 0.191 e. The number of nitrogens with one attached hydrogen (secondary N) is 2. The minimum atomic E-state index is 0. The molecule has 1 aromatic heterocycles. The van der Waals surface area contributed by atoms with E-state index in [1.807, 2.05) is 0 Å². The van der Waals surface area contributed by atoms with E-state index in [4.69, 9.17) is 4.99 Å². The number of guanidine groups is 1. The van der Waals surface area contributed by atoms with E-state index >= 15 is 0 Å². The van der Waals surface area contributed by atoms with Gasteiger partial charge in [-0.2, -0.15) is 0 Å². The number of thiophene rings is 1. The summed E-state index contributed by atoms with van der Waals surface area (Å²) in [5, 5.41) is 8.97. The highest BCUT2D eigenvalue weighted by molar-refractivity contribution is 14.0. The first kappa shape index (κ1) is 18.7. The van der Waals surface area contributed by atoms with Crippen molar-refractivity contribution in [2.45, 2.75) is 32.4 Å². The second-order valence-corrected chi connectivity index (χ2v) is 6.66. The number of hydrogen-bond acceptors (Lipinski definition) is 3. The van der Waals surface area contributed by atoms with E-state index in [-0.39, 0.29) is 24.0 Å². The van der Waals surface area contributed by atoms with Crippen molar-refractivity contribution in [3.63, 3.8) is 0 Å². The third-order valence-electron chi connectivity index (χ3n) is 3.69. The summed E-state index contributed by atoms with van der Waals surface area (Å²) in [4.78, 5) is 8.37. The van der Waals surface area contributed by atoms with E-state index < -0.39 is 0 Å². The van der Waals surface area contributed by atoms with Crippen molar-refractivity contribution < 1.29 is 0 Å². The molecule has 3 atom stereocenters. The summed E-state index contributed by atoms with van der Waals surface area (Å²) < 4.78 is 0. The molecule has 0 bridgehead atoms. The van der Waals surface area contributed by atoms with Gasteiger partial charge < -0.3 is 15.5 Å². The molecule has 21 heavy (non-hydrogen) atoms. The summed E-state index contributed by atoms with van der Waals surface area (Å²) in [6.45, 7) is 6.06. The lowest BCUT2D eigenvalue weighted by Gasteiger charge is -2.22. The Morgan fingerprint density at radius 3 is 2.71 bits per heavy atom. The van der Waals surface area contributed by atoms with Gasteiger partial charge in [0.05, 0.1) is 12.6 Å². The number of rotatable bonds is 6. The molecule has 0 aromatic carbocycles. The summed E-state index contributed by atoms with van der Waals surface area (Å²) in [5.74, 6) is 1.73. The van der Waals surface area contributed by atoms with Gasteiger partial charge in [-0.3, -0.25) is 4.99 Å². The summed E-state index contributed by atoms with van der Waals surface area (Å²) >= 11 is 1.80. The van der Waals surface area contributed by atoms with Gasteiger partial charge in [0.2, 0.25) is 0 Å². The highest BCUT2D eigenvalue weighted by Crippen LogP contribution is 2.29. The Hall–Kier alpha value is -0.340. The van der Waals surface area contributed by atoms with E-state index in [9.17, 15) is 0 Å². The van der Waals surface area contributed by atoms with Crippen molar-refractivity contribution in [3.8, 4) is 0 Å². The second kappa shape index (κ2) is 8.95. The van der Waals surface area contributed by atoms with E-state index in [0.717, 1.165) is 25.0 Å². The zero-order valence-electron chi connectivity index (χ0n) is 13.3. The largest absolute Gasteiger partial charge is 0.357 e. The Morgan fingerprint density at radius 1 is 1.52 bits per heavy atom. The van der Waals surface area contributed by atoms with Crippen LogP contribution in [0.3, 0.4) is 0 Å². The monoisotopic (exact) mass is 422 g/mol. The zero-order chi connectivity index (χ0) is 14.5. The van der Waals surface area contributed by atoms with Gasteiger partial charge in [-0.1, -0.05) is 13.0 Å². The molecule has 0 radical (unpaired) electrons. The van der Waals surface area contributed by atoms with Gasteiger partial charge in [-0.05, 0) is 44.8 Å². The van der Waals surface area contributed by atoms with Crippen molar-refractivity contribution in [2.24, 2.45) is 10.9 Å². The van der Waals surface area contributed by atoms with Crippen LogP contribution in [0.1, 0.15) is 31.2 Å². The standard InChI is InChI=1S/C15H26N4S.HI/c1-5-16-15(18-12-9-11(12)2)17-10-13(19(3)4)14-7-6-8-20-14;/h6-8,11-13H,5,9-10H2,1-4H3,(H2,16,17,18);1H. The Kier molecular flexibility index (Phi) is 7.97. The van der Waals surface area contributed by atoms with Gasteiger partial charge in [-0.15, -0.1) is 35.3 Å². The molecule has 6 heteroatoms. The van der Waals surface area contributed by atoms with Gasteiger partial charge in [0, 0.05) is 17.5 Å². The number of hydrogen-bond donors (Lipinski definition) is 2. The quantitative estimate of drug-likeness (QED) is 0.421. The van der Waals surface area contributed by atoms with E-state index in [2.05, 4.69) is 61.0 Å². The molecule has 3 unspecified atom stereocenters. The van der Waals surface area contributed by atoms with E-state index in [0.29, 0.717) is 12.1 Å². The van der Waals surface area contributed by atoms with Crippen LogP contribution in [0.25, 0.3) is 0 Å². The maximum absolute atomic E-state index is 4.77. The molecule has 1 fully saturated rings. The zero-order valence-corrected chi connectivity index (χ0v) is 16.4. The van der Waals surface area contributed by atoms with Crippen LogP contribution >= 0.6 is 35.3 Å². The molecule has 4 nitrogen and oxygen atoms in total. The Balaban J connectivity index is 0.00000220. The maximum atomic E-state index is 4.77. The molecule has 0 aliphatic heterocycles. The Morgan fingerprint density at radius 2 is 2.24 bits per heavy atom. The Labute approximate surface area is 149 Å². The minimum Gasteiger partial charge on any atom is -0.357 e. The van der Waals surface area contributed by atoms with Crippen LogP contribution in [0.5, 0.6) is 0 Å². The lowest BCUT2D eigenvalue weighted by atomic mass is 10.2. The lowest BCUT2D eigenvalue weighted by molar-refractivity contribution is 0.310. The molecule has 2 N–H and O–H groups in total. The number of aliphatic imine (C=N–C) groups is 1. The van der Waals surface area contributed by atoms with Gasteiger partial charge >= 0.3 is 0 Å². The molecule has 0 saturated heterocycles. The highest BCUT2D eigenvalue weighted by atomic mass is 127. The summed E-state index contributed by atoms with van der Waals surface area (Å²) in [6, 6.07) is 5.25. The van der Waals surface area contributed by atoms with Crippen molar-refractivity contribution in [1.29, 1.82) is 0 Å². The first-order valence-electron chi connectivity index (χ1n) is 7.36. The van der Waals surface area contributed by atoms with Gasteiger partial charge in [0.1, 0.15) is 0 Å². The average molecular weight is 422 g/mol. The molecule has 1 aromatic rings. The molecule has 2 rings (SSSR count). The lowest BCUT2D eigenvalue weighted by Crippen LogP contribution is -2.39. The fourth-order valence-electron chi connectivity index (χ4n) is 2.19. The fourth-order valence-corrected chi connectivity index (χ4v) is 3.10. The molecule has 0 spiro atoms. The van der Waals surface area contributed by atoms with E-state index in [1.165, 1.54) is 11.3 Å². The van der Waals surface area contributed by atoms with Crippen LogP contribution in [-0.4, -0.2) is 44.1 Å². The predicted molar refractivity (Wildman–Crippen MR) is 103 cm³/mol. The van der Waals surface area contributed by atoms with Gasteiger partial charge in [-0.25, -0.2) is 0 Å². The number of halogens is 1. The molecule has 1 heterocycles. The summed E-state index contributed by atoms with van der Waals surface area (Å²) in [5.41, 5.74) is 0. The third kappa shape index (κ3) is 5.75. The summed E-state index contributed by atoms with van der Waals surface area (Å²) in [6.07, 6.45) is 1.26. The van der Waals surface area contributed by atoms with Crippen LogP contribution in [-0.2, 0) is 0 Å².